The smallest absolute Gasteiger partial charge is 0.299 e. The third-order valence-corrected chi connectivity index (χ3v) is 3.08. The zero-order chi connectivity index (χ0) is 11.9. The number of halogens is 1. The second-order valence-corrected chi connectivity index (χ2v) is 4.74. The lowest BCUT2D eigenvalue weighted by Gasteiger charge is -2.15. The predicted octanol–water partition coefficient (Wildman–Crippen LogP) is 2.23. The Morgan fingerprint density at radius 3 is 2.56 bits per heavy atom. The molecule has 0 saturated heterocycles. The van der Waals surface area contributed by atoms with Gasteiger partial charge in [-0.3, -0.25) is 9.59 Å². The first-order valence-corrected chi connectivity index (χ1v) is 6.22. The minimum Gasteiger partial charge on any atom is -0.304 e. The number of rotatable bonds is 2. The zero-order valence-electron chi connectivity index (χ0n) is 9.21. The fourth-order valence-corrected chi connectivity index (χ4v) is 2.45. The Labute approximate surface area is 103 Å². The standard InChI is InChI=1S/C12H12BrNO2/c1-7-5-8(2)10-9(6-7)14(4-3-13)12(16)11(10)15/h5-6H,3-4H2,1-2H3. The number of anilines is 1. The largest absolute Gasteiger partial charge is 0.304 e. The highest BCUT2D eigenvalue weighted by Crippen LogP contribution is 2.32. The van der Waals surface area contributed by atoms with Crippen LogP contribution in [0, 0.1) is 13.8 Å². The number of carbonyl (C=O) groups is 2. The second-order valence-electron chi connectivity index (χ2n) is 3.95. The van der Waals surface area contributed by atoms with Crippen molar-refractivity contribution in [3.63, 3.8) is 0 Å². The Hall–Kier alpha value is -1.16. The van der Waals surface area contributed by atoms with Gasteiger partial charge >= 0.3 is 0 Å². The van der Waals surface area contributed by atoms with E-state index in [2.05, 4.69) is 15.9 Å². The minimum atomic E-state index is -0.414. The number of ketones is 1. The summed E-state index contributed by atoms with van der Waals surface area (Å²) >= 11 is 3.29. The SMILES string of the molecule is Cc1cc(C)c2c(c1)N(CCBr)C(=O)C2=O. The summed E-state index contributed by atoms with van der Waals surface area (Å²) in [5.41, 5.74) is 3.27. The fourth-order valence-electron chi connectivity index (χ4n) is 2.10. The molecule has 0 unspecified atom stereocenters. The van der Waals surface area contributed by atoms with E-state index in [4.69, 9.17) is 0 Å². The number of alkyl halides is 1. The predicted molar refractivity (Wildman–Crippen MR) is 66.4 cm³/mol. The van der Waals surface area contributed by atoms with E-state index in [1.165, 1.54) is 0 Å². The third-order valence-electron chi connectivity index (χ3n) is 2.72. The van der Waals surface area contributed by atoms with Crippen LogP contribution in [-0.2, 0) is 4.79 Å². The molecule has 1 aliphatic heterocycles. The molecule has 16 heavy (non-hydrogen) atoms. The lowest BCUT2D eigenvalue weighted by atomic mass is 10.0. The molecule has 3 nitrogen and oxygen atoms in total. The van der Waals surface area contributed by atoms with Crippen LogP contribution in [0.15, 0.2) is 12.1 Å². The Morgan fingerprint density at radius 1 is 1.25 bits per heavy atom. The van der Waals surface area contributed by atoms with Gasteiger partial charge in [0.25, 0.3) is 11.7 Å². The Bertz CT molecular complexity index is 482. The zero-order valence-corrected chi connectivity index (χ0v) is 10.8. The van der Waals surface area contributed by atoms with Crippen LogP contribution < -0.4 is 4.90 Å². The molecule has 2 rings (SSSR count). The first kappa shape index (κ1) is 11.3. The fraction of sp³-hybridized carbons (Fsp3) is 0.333. The summed E-state index contributed by atoms with van der Waals surface area (Å²) in [6.45, 7) is 4.36. The van der Waals surface area contributed by atoms with Gasteiger partial charge in [0.2, 0.25) is 0 Å². The van der Waals surface area contributed by atoms with Crippen LogP contribution in [0.1, 0.15) is 21.5 Å². The lowest BCUT2D eigenvalue weighted by molar-refractivity contribution is -0.114. The summed E-state index contributed by atoms with van der Waals surface area (Å²) in [4.78, 5) is 25.1. The number of aryl methyl sites for hydroxylation is 2. The molecule has 0 atom stereocenters. The molecule has 0 N–H and O–H groups in total. The summed E-state index contributed by atoms with van der Waals surface area (Å²) in [5, 5.41) is 0.665. The van der Waals surface area contributed by atoms with Crippen LogP contribution >= 0.6 is 15.9 Å². The van der Waals surface area contributed by atoms with Crippen molar-refractivity contribution in [1.82, 2.24) is 0 Å². The van der Waals surface area contributed by atoms with Gasteiger partial charge in [0, 0.05) is 11.9 Å². The normalized spacial score (nSPS) is 14.6. The number of hydrogen-bond acceptors (Lipinski definition) is 2. The van der Waals surface area contributed by atoms with Crippen LogP contribution in [0.4, 0.5) is 5.69 Å². The molecule has 0 bridgehead atoms. The van der Waals surface area contributed by atoms with E-state index in [0.717, 1.165) is 16.8 Å². The number of Topliss-reactive ketones (excluding diaryl/α,β-unsaturated/α-hetero) is 1. The van der Waals surface area contributed by atoms with E-state index < -0.39 is 5.91 Å². The molecule has 0 radical (unpaired) electrons. The number of nitrogens with zero attached hydrogens (tertiary/aromatic N) is 1. The molecular weight excluding hydrogens is 270 g/mol. The molecule has 1 heterocycles. The third kappa shape index (κ3) is 1.57. The number of hydrogen-bond donors (Lipinski definition) is 0. The van der Waals surface area contributed by atoms with Crippen LogP contribution in [0.3, 0.4) is 0 Å². The molecule has 1 amide bonds. The molecule has 0 fully saturated rings. The lowest BCUT2D eigenvalue weighted by Crippen LogP contribution is -2.31. The van der Waals surface area contributed by atoms with Gasteiger partial charge < -0.3 is 4.90 Å². The summed E-state index contributed by atoms with van der Waals surface area (Å²) in [7, 11) is 0. The molecule has 0 aromatic heterocycles. The average molecular weight is 282 g/mol. The van der Waals surface area contributed by atoms with Gasteiger partial charge in [0.15, 0.2) is 0 Å². The maximum Gasteiger partial charge on any atom is 0.299 e. The van der Waals surface area contributed by atoms with Crippen molar-refractivity contribution in [2.24, 2.45) is 0 Å². The summed E-state index contributed by atoms with van der Waals surface area (Å²) < 4.78 is 0. The van der Waals surface area contributed by atoms with Crippen molar-refractivity contribution in [2.45, 2.75) is 13.8 Å². The van der Waals surface area contributed by atoms with E-state index in [-0.39, 0.29) is 5.78 Å². The van der Waals surface area contributed by atoms with Crippen LogP contribution in [-0.4, -0.2) is 23.6 Å². The molecular formula is C12H12BrNO2. The van der Waals surface area contributed by atoms with Gasteiger partial charge in [-0.05, 0) is 31.0 Å². The van der Waals surface area contributed by atoms with Crippen molar-refractivity contribution in [2.75, 3.05) is 16.8 Å². The van der Waals surface area contributed by atoms with Crippen molar-refractivity contribution >= 4 is 33.3 Å². The highest BCUT2D eigenvalue weighted by Gasteiger charge is 2.36. The number of fused-ring (bicyclic) bond motifs is 1. The van der Waals surface area contributed by atoms with Crippen LogP contribution in [0.5, 0.6) is 0 Å². The summed E-state index contributed by atoms with van der Waals surface area (Å²) in [5.74, 6) is -0.795. The van der Waals surface area contributed by atoms with Gasteiger partial charge in [0.05, 0.1) is 11.3 Å². The number of amides is 1. The Kier molecular flexibility index (Phi) is 2.84. The minimum absolute atomic E-state index is 0.381. The average Bonchev–Trinajstić information content (AvgIpc) is 2.44. The van der Waals surface area contributed by atoms with E-state index in [1.807, 2.05) is 26.0 Å². The van der Waals surface area contributed by atoms with E-state index in [9.17, 15) is 9.59 Å². The molecule has 1 aliphatic rings. The Morgan fingerprint density at radius 2 is 1.94 bits per heavy atom. The van der Waals surface area contributed by atoms with Crippen molar-refractivity contribution in [3.05, 3.63) is 28.8 Å². The second kappa shape index (κ2) is 4.01. The van der Waals surface area contributed by atoms with E-state index in [0.29, 0.717) is 17.4 Å². The van der Waals surface area contributed by atoms with Crippen molar-refractivity contribution in [3.8, 4) is 0 Å². The van der Waals surface area contributed by atoms with Crippen molar-refractivity contribution in [1.29, 1.82) is 0 Å². The van der Waals surface area contributed by atoms with Crippen molar-refractivity contribution < 1.29 is 9.59 Å². The first-order valence-electron chi connectivity index (χ1n) is 5.09. The van der Waals surface area contributed by atoms with Gasteiger partial charge in [0.1, 0.15) is 0 Å². The Balaban J connectivity index is 2.60. The van der Waals surface area contributed by atoms with Gasteiger partial charge in [-0.15, -0.1) is 0 Å². The van der Waals surface area contributed by atoms with Gasteiger partial charge in [-0.1, -0.05) is 22.0 Å². The highest BCUT2D eigenvalue weighted by atomic mass is 79.9. The molecule has 4 heteroatoms. The summed E-state index contributed by atoms with van der Waals surface area (Å²) in [6, 6.07) is 3.83. The molecule has 0 spiro atoms. The van der Waals surface area contributed by atoms with E-state index in [1.54, 1.807) is 4.90 Å². The number of carbonyl (C=O) groups excluding carboxylic acids is 2. The first-order chi connectivity index (χ1) is 7.56. The van der Waals surface area contributed by atoms with Gasteiger partial charge in [-0.2, -0.15) is 0 Å². The highest BCUT2D eigenvalue weighted by molar-refractivity contribution is 9.09. The molecule has 84 valence electrons. The number of benzene rings is 1. The van der Waals surface area contributed by atoms with Gasteiger partial charge in [-0.25, -0.2) is 0 Å². The monoisotopic (exact) mass is 281 g/mol. The quantitative estimate of drug-likeness (QED) is 0.616. The van der Waals surface area contributed by atoms with Crippen LogP contribution in [0.2, 0.25) is 0 Å². The molecule has 0 aliphatic carbocycles. The molecule has 1 aromatic rings. The molecule has 0 saturated carbocycles. The maximum atomic E-state index is 11.8. The molecule has 1 aromatic carbocycles. The maximum absolute atomic E-state index is 11.8. The van der Waals surface area contributed by atoms with Crippen LogP contribution in [0.25, 0.3) is 0 Å². The summed E-state index contributed by atoms with van der Waals surface area (Å²) in [6.07, 6.45) is 0. The van der Waals surface area contributed by atoms with E-state index >= 15 is 0 Å². The topological polar surface area (TPSA) is 37.4 Å².